The lowest BCUT2D eigenvalue weighted by Crippen LogP contribution is -2.17. The lowest BCUT2D eigenvalue weighted by atomic mass is 9.82. The summed E-state index contributed by atoms with van der Waals surface area (Å²) >= 11 is 0. The Labute approximate surface area is 333 Å². The molecule has 2 heteroatoms. The van der Waals surface area contributed by atoms with Crippen LogP contribution in [0, 0.1) is 0 Å². The third kappa shape index (κ3) is 5.33. The molecule has 1 aliphatic carbocycles. The SMILES string of the molecule is CC1(C)c2cc(N(c3ccccc3)c3ccc(-c4cccc(-c5ccccc5)c4)cc3)ccc2-c2ccc(-n3c4ccccc4c4ccc5ccccc5c43)cc21. The minimum Gasteiger partial charge on any atom is -0.310 e. The fourth-order valence-electron chi connectivity index (χ4n) is 9.33. The van der Waals surface area contributed by atoms with Gasteiger partial charge in [0.2, 0.25) is 0 Å². The predicted molar refractivity (Wildman–Crippen MR) is 241 cm³/mol. The monoisotopic (exact) mass is 728 g/mol. The summed E-state index contributed by atoms with van der Waals surface area (Å²) in [7, 11) is 0. The van der Waals surface area contributed by atoms with Crippen LogP contribution in [0.15, 0.2) is 206 Å². The van der Waals surface area contributed by atoms with Crippen LogP contribution in [0.25, 0.3) is 71.6 Å². The van der Waals surface area contributed by atoms with E-state index in [1.807, 2.05) is 0 Å². The number of fused-ring (bicyclic) bond motifs is 8. The highest BCUT2D eigenvalue weighted by Crippen LogP contribution is 2.52. The molecule has 0 atom stereocenters. The Morgan fingerprint density at radius 3 is 1.74 bits per heavy atom. The molecule has 0 bridgehead atoms. The number of aromatic nitrogens is 1. The van der Waals surface area contributed by atoms with Gasteiger partial charge in [0.05, 0.1) is 11.0 Å². The maximum atomic E-state index is 2.48. The Hall–Kier alpha value is -7.16. The average Bonchev–Trinajstić information content (AvgIpc) is 3.73. The maximum Gasteiger partial charge on any atom is 0.0619 e. The summed E-state index contributed by atoms with van der Waals surface area (Å²) in [6.45, 7) is 4.77. The van der Waals surface area contributed by atoms with Gasteiger partial charge in [-0.2, -0.15) is 0 Å². The molecule has 0 aliphatic heterocycles. The molecule has 0 radical (unpaired) electrons. The van der Waals surface area contributed by atoms with Gasteiger partial charge in [-0.05, 0) is 111 Å². The van der Waals surface area contributed by atoms with Crippen molar-refractivity contribution in [3.63, 3.8) is 0 Å². The Morgan fingerprint density at radius 1 is 0.386 bits per heavy atom. The molecule has 10 aromatic rings. The van der Waals surface area contributed by atoms with Crippen LogP contribution >= 0.6 is 0 Å². The number of anilines is 3. The average molecular weight is 729 g/mol. The van der Waals surface area contributed by atoms with E-state index in [1.54, 1.807) is 0 Å². The second-order valence-electron chi connectivity index (χ2n) is 15.8. The van der Waals surface area contributed by atoms with E-state index in [9.17, 15) is 0 Å². The lowest BCUT2D eigenvalue weighted by molar-refractivity contribution is 0.660. The largest absolute Gasteiger partial charge is 0.310 e. The Balaban J connectivity index is 0.997. The van der Waals surface area contributed by atoms with Gasteiger partial charge in [0.15, 0.2) is 0 Å². The van der Waals surface area contributed by atoms with E-state index in [-0.39, 0.29) is 5.41 Å². The molecule has 1 heterocycles. The zero-order valence-electron chi connectivity index (χ0n) is 32.0. The second kappa shape index (κ2) is 13.0. The standard InChI is InChI=1S/C55H40N2/c1-55(2)51-35-44(56(42-19-7-4-8-20-42)43-27-24-38(25-28-43)41-18-13-17-40(34-41)37-14-5-3-6-15-37)29-32-47(51)48-33-30-45(36-52(48)55)57-53-23-12-11-22-49(53)50-31-26-39-16-9-10-21-46(39)54(50)57/h3-36H,1-2H3. The van der Waals surface area contributed by atoms with Gasteiger partial charge in [0.25, 0.3) is 0 Å². The highest BCUT2D eigenvalue weighted by Gasteiger charge is 2.36. The molecule has 0 saturated carbocycles. The van der Waals surface area contributed by atoms with Gasteiger partial charge in [0, 0.05) is 44.3 Å². The normalized spacial score (nSPS) is 12.9. The molecular formula is C55H40N2. The van der Waals surface area contributed by atoms with E-state index in [0.717, 1.165) is 17.1 Å². The first-order chi connectivity index (χ1) is 28.0. The van der Waals surface area contributed by atoms with Crippen LogP contribution in [0.4, 0.5) is 17.1 Å². The van der Waals surface area contributed by atoms with E-state index >= 15 is 0 Å². The topological polar surface area (TPSA) is 8.17 Å². The molecule has 0 spiro atoms. The van der Waals surface area contributed by atoms with Gasteiger partial charge in [-0.1, -0.05) is 159 Å². The molecule has 57 heavy (non-hydrogen) atoms. The van der Waals surface area contributed by atoms with Crippen molar-refractivity contribution in [2.45, 2.75) is 19.3 Å². The van der Waals surface area contributed by atoms with Crippen LogP contribution in [-0.4, -0.2) is 4.57 Å². The number of rotatable bonds is 6. The van der Waals surface area contributed by atoms with Crippen molar-refractivity contribution in [1.82, 2.24) is 4.57 Å². The number of nitrogens with zero attached hydrogens (tertiary/aromatic N) is 2. The molecular weight excluding hydrogens is 689 g/mol. The minimum atomic E-state index is -0.215. The van der Waals surface area contributed by atoms with Gasteiger partial charge in [-0.3, -0.25) is 0 Å². The Kier molecular flexibility index (Phi) is 7.55. The van der Waals surface area contributed by atoms with E-state index in [0.29, 0.717) is 0 Å². The fourth-order valence-corrected chi connectivity index (χ4v) is 9.33. The van der Waals surface area contributed by atoms with Crippen LogP contribution in [0.2, 0.25) is 0 Å². The smallest absolute Gasteiger partial charge is 0.0619 e. The highest BCUT2D eigenvalue weighted by molar-refractivity contribution is 6.18. The van der Waals surface area contributed by atoms with Crippen molar-refractivity contribution in [3.8, 4) is 39.1 Å². The second-order valence-corrected chi connectivity index (χ2v) is 15.8. The molecule has 9 aromatic carbocycles. The minimum absolute atomic E-state index is 0.215. The highest BCUT2D eigenvalue weighted by atomic mass is 15.1. The first kappa shape index (κ1) is 33.2. The van der Waals surface area contributed by atoms with Gasteiger partial charge in [-0.15, -0.1) is 0 Å². The van der Waals surface area contributed by atoms with Crippen molar-refractivity contribution in [1.29, 1.82) is 0 Å². The first-order valence-electron chi connectivity index (χ1n) is 19.8. The van der Waals surface area contributed by atoms with Crippen molar-refractivity contribution >= 4 is 49.6 Å². The third-order valence-corrected chi connectivity index (χ3v) is 12.2. The van der Waals surface area contributed by atoms with Crippen LogP contribution in [0.1, 0.15) is 25.0 Å². The molecule has 2 nitrogen and oxygen atoms in total. The zero-order chi connectivity index (χ0) is 38.1. The summed E-state index contributed by atoms with van der Waals surface area (Å²) in [6, 6.07) is 75.5. The summed E-state index contributed by atoms with van der Waals surface area (Å²) in [5.74, 6) is 0. The third-order valence-electron chi connectivity index (χ3n) is 12.2. The number of hydrogen-bond acceptors (Lipinski definition) is 1. The molecule has 0 N–H and O–H groups in total. The number of benzene rings is 9. The molecule has 0 amide bonds. The summed E-state index contributed by atoms with van der Waals surface area (Å²) in [4.78, 5) is 2.39. The maximum absolute atomic E-state index is 2.48. The first-order valence-corrected chi connectivity index (χ1v) is 19.8. The van der Waals surface area contributed by atoms with Crippen molar-refractivity contribution in [2.75, 3.05) is 4.90 Å². The van der Waals surface area contributed by atoms with E-state index in [2.05, 4.69) is 230 Å². The summed E-state index contributed by atoms with van der Waals surface area (Å²) in [5, 5.41) is 5.09. The lowest BCUT2D eigenvalue weighted by Gasteiger charge is -2.28. The van der Waals surface area contributed by atoms with Gasteiger partial charge < -0.3 is 9.47 Å². The molecule has 270 valence electrons. The molecule has 1 aliphatic rings. The molecule has 0 unspecified atom stereocenters. The predicted octanol–water partition coefficient (Wildman–Crippen LogP) is 15.0. The van der Waals surface area contributed by atoms with E-state index < -0.39 is 0 Å². The van der Waals surface area contributed by atoms with Gasteiger partial charge in [0.1, 0.15) is 0 Å². The molecule has 0 fully saturated rings. The quantitative estimate of drug-likeness (QED) is 0.165. The van der Waals surface area contributed by atoms with Crippen molar-refractivity contribution < 1.29 is 0 Å². The summed E-state index contributed by atoms with van der Waals surface area (Å²) < 4.78 is 2.48. The fraction of sp³-hybridized carbons (Fsp3) is 0.0545. The van der Waals surface area contributed by atoms with Crippen LogP contribution in [0.3, 0.4) is 0 Å². The van der Waals surface area contributed by atoms with Gasteiger partial charge in [-0.25, -0.2) is 0 Å². The molecule has 0 saturated heterocycles. The zero-order valence-corrected chi connectivity index (χ0v) is 32.0. The van der Waals surface area contributed by atoms with Crippen LogP contribution in [0.5, 0.6) is 0 Å². The van der Waals surface area contributed by atoms with Crippen LogP contribution < -0.4 is 4.90 Å². The van der Waals surface area contributed by atoms with Crippen LogP contribution in [-0.2, 0) is 5.41 Å². The van der Waals surface area contributed by atoms with E-state index in [4.69, 9.17) is 0 Å². The Morgan fingerprint density at radius 2 is 0.965 bits per heavy atom. The van der Waals surface area contributed by atoms with Crippen molar-refractivity contribution in [3.05, 3.63) is 217 Å². The molecule has 11 rings (SSSR count). The number of para-hydroxylation sites is 2. The summed E-state index contributed by atoms with van der Waals surface area (Å²) in [5.41, 5.74) is 17.0. The Bertz CT molecular complexity index is 3130. The van der Waals surface area contributed by atoms with Gasteiger partial charge >= 0.3 is 0 Å². The summed E-state index contributed by atoms with van der Waals surface area (Å²) in [6.07, 6.45) is 0. The number of hydrogen-bond donors (Lipinski definition) is 0. The molecule has 1 aromatic heterocycles. The van der Waals surface area contributed by atoms with E-state index in [1.165, 1.54) is 82.8 Å². The van der Waals surface area contributed by atoms with Crippen molar-refractivity contribution in [2.24, 2.45) is 0 Å².